The van der Waals surface area contributed by atoms with Crippen LogP contribution >= 0.6 is 0 Å². The molecule has 1 atom stereocenters. The van der Waals surface area contributed by atoms with Gasteiger partial charge in [-0.25, -0.2) is 4.79 Å². The van der Waals surface area contributed by atoms with Crippen molar-refractivity contribution in [3.63, 3.8) is 0 Å². The first-order valence-corrected chi connectivity index (χ1v) is 7.56. The van der Waals surface area contributed by atoms with E-state index in [1.807, 2.05) is 9.80 Å². The highest BCUT2D eigenvalue weighted by atomic mass is 16.2. The lowest BCUT2D eigenvalue weighted by Gasteiger charge is -2.28. The van der Waals surface area contributed by atoms with Crippen LogP contribution in [0.5, 0.6) is 0 Å². The Labute approximate surface area is 124 Å². The van der Waals surface area contributed by atoms with Gasteiger partial charge < -0.3 is 15.1 Å². The van der Waals surface area contributed by atoms with Gasteiger partial charge in [-0.15, -0.1) is 0 Å². The monoisotopic (exact) mass is 281 g/mol. The number of nitrogens with one attached hydrogen (secondary N) is 1. The first-order valence-electron chi connectivity index (χ1n) is 7.56. The third-order valence-electron chi connectivity index (χ3n) is 4.54. The molecule has 2 amide bonds. The van der Waals surface area contributed by atoms with Crippen LogP contribution in [-0.2, 0) is 6.54 Å². The Bertz CT molecular complexity index is 679. The third-order valence-corrected chi connectivity index (χ3v) is 4.54. The summed E-state index contributed by atoms with van der Waals surface area (Å²) in [6.07, 6.45) is 0. The molecule has 4 nitrogen and oxygen atoms in total. The third kappa shape index (κ3) is 2.16. The van der Waals surface area contributed by atoms with E-state index < -0.39 is 0 Å². The van der Waals surface area contributed by atoms with E-state index in [9.17, 15) is 4.79 Å². The van der Waals surface area contributed by atoms with Gasteiger partial charge in [0.2, 0.25) is 0 Å². The first kappa shape index (κ1) is 12.7. The van der Waals surface area contributed by atoms with Gasteiger partial charge in [0.25, 0.3) is 0 Å². The minimum atomic E-state index is 0.189. The van der Waals surface area contributed by atoms with Crippen LogP contribution in [0, 0.1) is 0 Å². The van der Waals surface area contributed by atoms with Crippen molar-refractivity contribution in [3.8, 4) is 0 Å². The van der Waals surface area contributed by atoms with Crippen molar-refractivity contribution in [2.24, 2.45) is 0 Å². The molecule has 1 N–H and O–H groups in total. The number of carbonyl (C=O) groups is 1. The Balaban J connectivity index is 1.62. The summed E-state index contributed by atoms with van der Waals surface area (Å²) in [6, 6.07) is 15.2. The number of amides is 2. The van der Waals surface area contributed by atoms with Crippen molar-refractivity contribution >= 4 is 16.8 Å². The van der Waals surface area contributed by atoms with Gasteiger partial charge in [-0.2, -0.15) is 0 Å². The summed E-state index contributed by atoms with van der Waals surface area (Å²) in [5.41, 5.74) is 1.23. The number of fused-ring (bicyclic) bond motifs is 2. The van der Waals surface area contributed by atoms with Crippen molar-refractivity contribution < 1.29 is 4.79 Å². The molecule has 0 aliphatic carbocycles. The van der Waals surface area contributed by atoms with E-state index in [0.717, 1.165) is 26.2 Å². The molecule has 0 bridgehead atoms. The lowest BCUT2D eigenvalue weighted by Crippen LogP contribution is -2.49. The van der Waals surface area contributed by atoms with Crippen LogP contribution in [0.4, 0.5) is 4.79 Å². The van der Waals surface area contributed by atoms with Crippen molar-refractivity contribution in [1.82, 2.24) is 15.1 Å². The summed E-state index contributed by atoms with van der Waals surface area (Å²) < 4.78 is 0. The molecule has 0 spiro atoms. The predicted molar refractivity (Wildman–Crippen MR) is 83.1 cm³/mol. The predicted octanol–water partition coefficient (Wildman–Crippen LogP) is 2.05. The van der Waals surface area contributed by atoms with E-state index in [4.69, 9.17) is 0 Å². The number of nitrogens with zero attached hydrogens (tertiary/aromatic N) is 2. The van der Waals surface area contributed by atoms with E-state index >= 15 is 0 Å². The van der Waals surface area contributed by atoms with Gasteiger partial charge in [0, 0.05) is 32.7 Å². The maximum Gasteiger partial charge on any atom is 0.320 e. The molecule has 2 saturated heterocycles. The summed E-state index contributed by atoms with van der Waals surface area (Å²) >= 11 is 0. The molecule has 0 aromatic heterocycles. The molecule has 21 heavy (non-hydrogen) atoms. The second-order valence-electron chi connectivity index (χ2n) is 5.85. The van der Waals surface area contributed by atoms with E-state index in [1.54, 1.807) is 0 Å². The molecule has 0 saturated carbocycles. The fourth-order valence-electron chi connectivity index (χ4n) is 3.46. The topological polar surface area (TPSA) is 35.6 Å². The molecular formula is C17H19N3O. The van der Waals surface area contributed by atoms with Crippen LogP contribution < -0.4 is 5.32 Å². The highest BCUT2D eigenvalue weighted by Crippen LogP contribution is 2.24. The SMILES string of the molecule is O=C1N(Cc2cccc3ccccc23)CC2CNCCN12. The molecule has 2 aliphatic heterocycles. The number of hydrogen-bond donors (Lipinski definition) is 1. The number of piperazine rings is 1. The van der Waals surface area contributed by atoms with Gasteiger partial charge >= 0.3 is 6.03 Å². The van der Waals surface area contributed by atoms with Gasteiger partial charge in [0.05, 0.1) is 6.04 Å². The van der Waals surface area contributed by atoms with Crippen LogP contribution in [-0.4, -0.2) is 48.1 Å². The molecule has 4 heteroatoms. The number of urea groups is 1. The van der Waals surface area contributed by atoms with Gasteiger partial charge in [0.15, 0.2) is 0 Å². The average Bonchev–Trinajstić information content (AvgIpc) is 2.85. The summed E-state index contributed by atoms with van der Waals surface area (Å²) in [5, 5.41) is 5.85. The summed E-state index contributed by atoms with van der Waals surface area (Å²) in [7, 11) is 0. The molecular weight excluding hydrogens is 262 g/mol. The van der Waals surface area contributed by atoms with Crippen molar-refractivity contribution in [1.29, 1.82) is 0 Å². The van der Waals surface area contributed by atoms with Crippen LogP contribution in [0.3, 0.4) is 0 Å². The molecule has 108 valence electrons. The fourth-order valence-corrected chi connectivity index (χ4v) is 3.46. The largest absolute Gasteiger partial charge is 0.320 e. The fraction of sp³-hybridized carbons (Fsp3) is 0.353. The first-order chi connectivity index (χ1) is 10.3. The van der Waals surface area contributed by atoms with E-state index in [1.165, 1.54) is 16.3 Å². The van der Waals surface area contributed by atoms with Crippen LogP contribution in [0.15, 0.2) is 42.5 Å². The Morgan fingerprint density at radius 1 is 1.14 bits per heavy atom. The summed E-state index contributed by atoms with van der Waals surface area (Å²) in [4.78, 5) is 16.5. The Morgan fingerprint density at radius 2 is 2.00 bits per heavy atom. The van der Waals surface area contributed by atoms with Gasteiger partial charge in [-0.3, -0.25) is 0 Å². The van der Waals surface area contributed by atoms with Gasteiger partial charge in [-0.05, 0) is 16.3 Å². The van der Waals surface area contributed by atoms with Crippen molar-refractivity contribution in [2.75, 3.05) is 26.2 Å². The molecule has 4 rings (SSSR count). The van der Waals surface area contributed by atoms with Crippen molar-refractivity contribution in [2.45, 2.75) is 12.6 Å². The highest BCUT2D eigenvalue weighted by molar-refractivity contribution is 5.86. The van der Waals surface area contributed by atoms with E-state index in [0.29, 0.717) is 12.6 Å². The lowest BCUT2D eigenvalue weighted by molar-refractivity contribution is 0.178. The van der Waals surface area contributed by atoms with E-state index in [-0.39, 0.29) is 6.03 Å². The summed E-state index contributed by atoms with van der Waals surface area (Å²) in [5.74, 6) is 0. The maximum absolute atomic E-state index is 12.5. The Kier molecular flexibility index (Phi) is 3.04. The minimum absolute atomic E-state index is 0.189. The van der Waals surface area contributed by atoms with Crippen molar-refractivity contribution in [3.05, 3.63) is 48.0 Å². The maximum atomic E-state index is 12.5. The molecule has 2 heterocycles. The molecule has 2 aromatic carbocycles. The van der Waals surface area contributed by atoms with Gasteiger partial charge in [0.1, 0.15) is 0 Å². The van der Waals surface area contributed by atoms with Crippen LogP contribution in [0.1, 0.15) is 5.56 Å². The molecule has 2 aliphatic rings. The zero-order chi connectivity index (χ0) is 14.2. The summed E-state index contributed by atoms with van der Waals surface area (Å²) in [6.45, 7) is 4.18. The number of carbonyl (C=O) groups excluding carboxylic acids is 1. The molecule has 2 aromatic rings. The Morgan fingerprint density at radius 3 is 2.90 bits per heavy atom. The zero-order valence-corrected chi connectivity index (χ0v) is 12.0. The average molecular weight is 281 g/mol. The van der Waals surface area contributed by atoms with Gasteiger partial charge in [-0.1, -0.05) is 42.5 Å². The quantitative estimate of drug-likeness (QED) is 0.914. The second kappa shape index (κ2) is 5.04. The molecule has 0 radical (unpaired) electrons. The molecule has 1 unspecified atom stereocenters. The Hall–Kier alpha value is -2.07. The smallest absolute Gasteiger partial charge is 0.318 e. The highest BCUT2D eigenvalue weighted by Gasteiger charge is 2.38. The number of hydrogen-bond acceptors (Lipinski definition) is 2. The van der Waals surface area contributed by atoms with Crippen LogP contribution in [0.2, 0.25) is 0 Å². The molecule has 2 fully saturated rings. The normalized spacial score (nSPS) is 21.9. The van der Waals surface area contributed by atoms with E-state index in [2.05, 4.69) is 47.8 Å². The number of benzene rings is 2. The lowest BCUT2D eigenvalue weighted by atomic mass is 10.0. The van der Waals surface area contributed by atoms with Crippen LogP contribution in [0.25, 0.3) is 10.8 Å². The number of rotatable bonds is 2. The zero-order valence-electron chi connectivity index (χ0n) is 12.0. The minimum Gasteiger partial charge on any atom is -0.318 e. The second-order valence-corrected chi connectivity index (χ2v) is 5.85. The standard InChI is InChI=1S/C17H19N3O/c21-17-19(12-15-10-18-8-9-20(15)17)11-14-6-3-5-13-4-1-2-7-16(13)14/h1-7,15,18H,8-12H2.